The van der Waals surface area contributed by atoms with Gasteiger partial charge in [0, 0.05) is 17.3 Å². The molecule has 4 rings (SSSR count). The maximum atomic E-state index is 12.4. The minimum absolute atomic E-state index is 0.334. The van der Waals surface area contributed by atoms with Crippen molar-refractivity contribution in [2.75, 3.05) is 19.0 Å². The van der Waals surface area contributed by atoms with Crippen LogP contribution in [0.5, 0.6) is 5.75 Å². The number of imidazole rings is 1. The highest BCUT2D eigenvalue weighted by Crippen LogP contribution is 2.22. The lowest BCUT2D eigenvalue weighted by atomic mass is 10.1. The first-order valence-electron chi connectivity index (χ1n) is 9.69. The molecule has 7 nitrogen and oxygen atoms in total. The van der Waals surface area contributed by atoms with E-state index in [4.69, 9.17) is 9.47 Å². The van der Waals surface area contributed by atoms with Gasteiger partial charge in [0.15, 0.2) is 6.61 Å². The first-order chi connectivity index (χ1) is 15.0. The van der Waals surface area contributed by atoms with Crippen LogP contribution in [0.3, 0.4) is 0 Å². The second-order valence-corrected chi connectivity index (χ2v) is 7.04. The zero-order valence-electron chi connectivity index (χ0n) is 17.1. The molecule has 2 N–H and O–H groups in total. The van der Waals surface area contributed by atoms with E-state index in [1.807, 2.05) is 31.2 Å². The molecule has 0 saturated heterocycles. The predicted molar refractivity (Wildman–Crippen MR) is 118 cm³/mol. The Bertz CT molecular complexity index is 1250. The Morgan fingerprint density at radius 2 is 1.84 bits per heavy atom. The molecule has 0 aliphatic carbocycles. The first kappa shape index (κ1) is 20.2. The van der Waals surface area contributed by atoms with Gasteiger partial charge in [0.25, 0.3) is 5.91 Å². The number of aromatic amines is 1. The number of rotatable bonds is 6. The maximum Gasteiger partial charge on any atom is 0.338 e. The topological polar surface area (TPSA) is 93.3 Å². The van der Waals surface area contributed by atoms with E-state index in [-0.39, 0.29) is 0 Å². The molecule has 4 aromatic rings. The molecule has 7 heteroatoms. The van der Waals surface area contributed by atoms with E-state index in [0.717, 1.165) is 16.9 Å². The molecule has 0 saturated carbocycles. The Kier molecular flexibility index (Phi) is 5.66. The minimum atomic E-state index is -0.589. The number of esters is 1. The molecule has 0 aliphatic rings. The number of methoxy groups -OCH3 is 1. The van der Waals surface area contributed by atoms with Crippen LogP contribution in [0.15, 0.2) is 66.7 Å². The van der Waals surface area contributed by atoms with E-state index in [1.54, 1.807) is 49.6 Å². The fourth-order valence-electron chi connectivity index (χ4n) is 3.10. The molecule has 0 fully saturated rings. The monoisotopic (exact) mass is 415 g/mol. The highest BCUT2D eigenvalue weighted by atomic mass is 16.5. The number of fused-ring (bicyclic) bond motifs is 1. The van der Waals surface area contributed by atoms with Gasteiger partial charge in [-0.1, -0.05) is 35.9 Å². The SMILES string of the molecule is COc1cccc(NC(=O)COC(=O)c2ccc3nc(-c4ccc(C)cc4)[nH]c3c2)c1. The quantitative estimate of drug-likeness (QED) is 0.457. The van der Waals surface area contributed by atoms with E-state index in [2.05, 4.69) is 15.3 Å². The molecule has 1 aromatic heterocycles. The molecule has 156 valence electrons. The van der Waals surface area contributed by atoms with Gasteiger partial charge >= 0.3 is 5.97 Å². The first-order valence-corrected chi connectivity index (χ1v) is 9.69. The zero-order chi connectivity index (χ0) is 21.8. The van der Waals surface area contributed by atoms with Crippen molar-refractivity contribution >= 4 is 28.6 Å². The third-order valence-corrected chi connectivity index (χ3v) is 4.73. The number of benzene rings is 3. The Hall–Kier alpha value is -4.13. The summed E-state index contributed by atoms with van der Waals surface area (Å²) >= 11 is 0. The maximum absolute atomic E-state index is 12.4. The number of anilines is 1. The fraction of sp³-hybridized carbons (Fsp3) is 0.125. The number of ether oxygens (including phenoxy) is 2. The molecule has 0 radical (unpaired) electrons. The minimum Gasteiger partial charge on any atom is -0.497 e. The predicted octanol–water partition coefficient (Wildman–Crippen LogP) is 4.34. The second kappa shape index (κ2) is 8.71. The molecule has 0 unspecified atom stereocenters. The van der Waals surface area contributed by atoms with E-state index in [9.17, 15) is 9.59 Å². The molecule has 1 amide bonds. The number of H-pyrrole nitrogens is 1. The fourth-order valence-corrected chi connectivity index (χ4v) is 3.10. The lowest BCUT2D eigenvalue weighted by molar-refractivity contribution is -0.119. The summed E-state index contributed by atoms with van der Waals surface area (Å²) in [5, 5.41) is 2.67. The molecular weight excluding hydrogens is 394 g/mol. The summed E-state index contributed by atoms with van der Waals surface area (Å²) in [5.74, 6) is 0.311. The number of amides is 1. The normalized spacial score (nSPS) is 10.6. The number of carbonyl (C=O) groups is 2. The van der Waals surface area contributed by atoms with Crippen LogP contribution in [0.2, 0.25) is 0 Å². The van der Waals surface area contributed by atoms with E-state index >= 15 is 0 Å². The summed E-state index contributed by atoms with van der Waals surface area (Å²) in [6.45, 7) is 1.63. The molecule has 0 atom stereocenters. The van der Waals surface area contributed by atoms with Crippen LogP contribution in [-0.2, 0) is 9.53 Å². The highest BCUT2D eigenvalue weighted by molar-refractivity contribution is 5.97. The molecule has 0 bridgehead atoms. The zero-order valence-corrected chi connectivity index (χ0v) is 17.1. The number of aryl methyl sites for hydroxylation is 1. The van der Waals surface area contributed by atoms with Crippen LogP contribution >= 0.6 is 0 Å². The third kappa shape index (κ3) is 4.72. The number of carbonyl (C=O) groups excluding carboxylic acids is 2. The number of nitrogens with one attached hydrogen (secondary N) is 2. The van der Waals surface area contributed by atoms with Crippen LogP contribution in [0.4, 0.5) is 5.69 Å². The van der Waals surface area contributed by atoms with E-state index < -0.39 is 18.5 Å². The number of aromatic nitrogens is 2. The molecular formula is C24H21N3O4. The summed E-state index contributed by atoms with van der Waals surface area (Å²) < 4.78 is 10.3. The number of hydrogen-bond donors (Lipinski definition) is 2. The van der Waals surface area contributed by atoms with Crippen molar-refractivity contribution in [2.24, 2.45) is 0 Å². The molecule has 0 spiro atoms. The van der Waals surface area contributed by atoms with Gasteiger partial charge in [0.2, 0.25) is 0 Å². The van der Waals surface area contributed by atoms with Gasteiger partial charge in [0.1, 0.15) is 11.6 Å². The van der Waals surface area contributed by atoms with Crippen molar-refractivity contribution in [1.82, 2.24) is 9.97 Å². The van der Waals surface area contributed by atoms with Gasteiger partial charge in [-0.15, -0.1) is 0 Å². The van der Waals surface area contributed by atoms with Gasteiger partial charge in [-0.05, 0) is 37.3 Å². The lowest BCUT2D eigenvalue weighted by Crippen LogP contribution is -2.20. The van der Waals surface area contributed by atoms with Gasteiger partial charge in [-0.25, -0.2) is 9.78 Å². The van der Waals surface area contributed by atoms with Crippen LogP contribution in [0, 0.1) is 6.92 Å². The molecule has 0 aliphatic heterocycles. The largest absolute Gasteiger partial charge is 0.497 e. The summed E-state index contributed by atoms with van der Waals surface area (Å²) in [7, 11) is 1.54. The Morgan fingerprint density at radius 1 is 1.03 bits per heavy atom. The van der Waals surface area contributed by atoms with Crippen LogP contribution in [-0.4, -0.2) is 35.6 Å². The Balaban J connectivity index is 1.41. The highest BCUT2D eigenvalue weighted by Gasteiger charge is 2.13. The summed E-state index contributed by atoms with van der Waals surface area (Å²) in [6, 6.07) is 20.0. The molecule has 3 aromatic carbocycles. The van der Waals surface area contributed by atoms with Crippen molar-refractivity contribution < 1.29 is 19.1 Å². The Morgan fingerprint density at radius 3 is 2.61 bits per heavy atom. The van der Waals surface area contributed by atoms with Crippen molar-refractivity contribution in [2.45, 2.75) is 6.92 Å². The standard InChI is InChI=1S/C24H21N3O4/c1-15-6-8-16(9-7-15)23-26-20-11-10-17(12-21(20)27-23)24(29)31-14-22(28)25-18-4-3-5-19(13-18)30-2/h3-13H,14H2,1-2H3,(H,25,28)(H,26,27). The van der Waals surface area contributed by atoms with Gasteiger partial charge in [-0.3, -0.25) is 4.79 Å². The van der Waals surface area contributed by atoms with Crippen LogP contribution in [0.25, 0.3) is 22.4 Å². The van der Waals surface area contributed by atoms with Gasteiger partial charge < -0.3 is 19.8 Å². The smallest absolute Gasteiger partial charge is 0.338 e. The van der Waals surface area contributed by atoms with Crippen molar-refractivity contribution in [3.63, 3.8) is 0 Å². The van der Waals surface area contributed by atoms with Crippen LogP contribution < -0.4 is 10.1 Å². The molecule has 1 heterocycles. The van der Waals surface area contributed by atoms with E-state index in [0.29, 0.717) is 22.5 Å². The summed E-state index contributed by atoms with van der Waals surface area (Å²) in [4.78, 5) is 32.3. The van der Waals surface area contributed by atoms with Gasteiger partial charge in [-0.2, -0.15) is 0 Å². The average Bonchev–Trinajstić information content (AvgIpc) is 3.21. The molecule has 31 heavy (non-hydrogen) atoms. The van der Waals surface area contributed by atoms with Crippen LogP contribution in [0.1, 0.15) is 15.9 Å². The third-order valence-electron chi connectivity index (χ3n) is 4.73. The van der Waals surface area contributed by atoms with Crippen molar-refractivity contribution in [3.05, 3.63) is 77.9 Å². The Labute approximate surface area is 179 Å². The number of hydrogen-bond acceptors (Lipinski definition) is 5. The van der Waals surface area contributed by atoms with E-state index in [1.165, 1.54) is 5.56 Å². The van der Waals surface area contributed by atoms with Crippen molar-refractivity contribution in [3.8, 4) is 17.1 Å². The number of nitrogens with zero attached hydrogens (tertiary/aromatic N) is 1. The average molecular weight is 415 g/mol. The summed E-state index contributed by atoms with van der Waals surface area (Å²) in [6.07, 6.45) is 0. The summed E-state index contributed by atoms with van der Waals surface area (Å²) in [5.41, 5.74) is 4.47. The van der Waals surface area contributed by atoms with Crippen molar-refractivity contribution in [1.29, 1.82) is 0 Å². The second-order valence-electron chi connectivity index (χ2n) is 7.04. The van der Waals surface area contributed by atoms with Gasteiger partial charge in [0.05, 0.1) is 23.7 Å². The lowest BCUT2D eigenvalue weighted by Gasteiger charge is -2.08.